The molecule has 7 nitrogen and oxygen atoms in total. The van der Waals surface area contributed by atoms with Crippen molar-refractivity contribution in [3.8, 4) is 11.5 Å². The molecule has 0 unspecified atom stereocenters. The van der Waals surface area contributed by atoms with Gasteiger partial charge in [-0.05, 0) is 25.5 Å². The lowest BCUT2D eigenvalue weighted by Gasteiger charge is -2.06. The smallest absolute Gasteiger partial charge is 0.260 e. The molecular formula is C17H11ClF3N7S. The van der Waals surface area contributed by atoms with Crippen molar-refractivity contribution in [2.75, 3.05) is 0 Å². The number of alkyl halides is 3. The minimum Gasteiger partial charge on any atom is -0.260 e. The van der Waals surface area contributed by atoms with E-state index < -0.39 is 11.9 Å². The monoisotopic (exact) mass is 437 g/mol. The molecule has 0 aromatic carbocycles. The van der Waals surface area contributed by atoms with Crippen LogP contribution in [-0.4, -0.2) is 34.3 Å². The average molecular weight is 438 g/mol. The Morgan fingerprint density at radius 3 is 2.76 bits per heavy atom. The lowest BCUT2D eigenvalue weighted by Crippen LogP contribution is -2.07. The SMILES string of the molecule is CCn1ncc(Cl)c1-c1nc2c3sc4nc(C(F)(F)F)cc(C)c4c3ncn2n1. The maximum absolute atomic E-state index is 13.2. The minimum atomic E-state index is -4.52. The maximum Gasteiger partial charge on any atom is 0.433 e. The molecule has 5 aromatic rings. The number of aromatic nitrogens is 7. The normalized spacial score (nSPS) is 12.6. The molecule has 148 valence electrons. The Morgan fingerprint density at radius 1 is 1.24 bits per heavy atom. The molecule has 12 heteroatoms. The predicted molar refractivity (Wildman–Crippen MR) is 103 cm³/mol. The average Bonchev–Trinajstić information content (AvgIpc) is 3.33. The maximum atomic E-state index is 13.2. The molecule has 5 aromatic heterocycles. The Morgan fingerprint density at radius 2 is 2.03 bits per heavy atom. The van der Waals surface area contributed by atoms with Gasteiger partial charge in [-0.2, -0.15) is 18.3 Å². The zero-order chi connectivity index (χ0) is 20.5. The summed E-state index contributed by atoms with van der Waals surface area (Å²) in [6.45, 7) is 4.12. The highest BCUT2D eigenvalue weighted by Crippen LogP contribution is 2.39. The second kappa shape index (κ2) is 6.10. The molecule has 5 heterocycles. The molecule has 0 saturated heterocycles. The summed E-state index contributed by atoms with van der Waals surface area (Å²) < 4.78 is 43.2. The second-order valence-corrected chi connectivity index (χ2v) is 7.79. The van der Waals surface area contributed by atoms with Gasteiger partial charge in [0.1, 0.15) is 27.2 Å². The molecule has 0 atom stereocenters. The molecule has 0 bridgehead atoms. The van der Waals surface area contributed by atoms with Crippen molar-refractivity contribution < 1.29 is 13.2 Å². The number of thiophene rings is 1. The minimum absolute atomic E-state index is 0.258. The zero-order valence-electron chi connectivity index (χ0n) is 15.0. The van der Waals surface area contributed by atoms with Crippen LogP contribution < -0.4 is 0 Å². The van der Waals surface area contributed by atoms with E-state index in [9.17, 15) is 13.2 Å². The highest BCUT2D eigenvalue weighted by molar-refractivity contribution is 7.26. The second-order valence-electron chi connectivity index (χ2n) is 6.39. The third-order valence-corrected chi connectivity index (χ3v) is 5.91. The van der Waals surface area contributed by atoms with Crippen molar-refractivity contribution >= 4 is 49.0 Å². The Hall–Kier alpha value is -2.79. The Bertz CT molecular complexity index is 1420. The molecule has 0 spiro atoms. The van der Waals surface area contributed by atoms with Crippen molar-refractivity contribution in [2.24, 2.45) is 0 Å². The fourth-order valence-corrected chi connectivity index (χ4v) is 4.68. The van der Waals surface area contributed by atoms with Gasteiger partial charge in [0.15, 0.2) is 5.65 Å². The number of halogens is 4. The number of nitrogens with zero attached hydrogens (tertiary/aromatic N) is 7. The summed E-state index contributed by atoms with van der Waals surface area (Å²) in [4.78, 5) is 13.0. The molecule has 0 aliphatic carbocycles. The molecule has 0 amide bonds. The van der Waals surface area contributed by atoms with Crippen LogP contribution in [-0.2, 0) is 12.7 Å². The fourth-order valence-electron chi connectivity index (χ4n) is 3.28. The van der Waals surface area contributed by atoms with E-state index in [-0.39, 0.29) is 4.83 Å². The molecule has 5 rings (SSSR count). The van der Waals surface area contributed by atoms with E-state index >= 15 is 0 Å². The van der Waals surface area contributed by atoms with E-state index in [0.29, 0.717) is 49.9 Å². The van der Waals surface area contributed by atoms with E-state index in [0.717, 1.165) is 17.4 Å². The molecule has 29 heavy (non-hydrogen) atoms. The van der Waals surface area contributed by atoms with Crippen molar-refractivity contribution in [2.45, 2.75) is 26.6 Å². The van der Waals surface area contributed by atoms with Crippen LogP contribution in [0.2, 0.25) is 5.02 Å². The van der Waals surface area contributed by atoms with Gasteiger partial charge < -0.3 is 0 Å². The molecule has 0 saturated carbocycles. The van der Waals surface area contributed by atoms with Gasteiger partial charge in [0.25, 0.3) is 0 Å². The lowest BCUT2D eigenvalue weighted by atomic mass is 10.1. The summed E-state index contributed by atoms with van der Waals surface area (Å²) in [5, 5.41) is 9.61. The summed E-state index contributed by atoms with van der Waals surface area (Å²) in [5.41, 5.74) is 1.12. The first kappa shape index (κ1) is 18.3. The van der Waals surface area contributed by atoms with Crippen LogP contribution in [0.3, 0.4) is 0 Å². The van der Waals surface area contributed by atoms with Crippen LogP contribution in [0.15, 0.2) is 18.6 Å². The molecule has 0 aliphatic heterocycles. The number of rotatable bonds is 2. The third-order valence-electron chi connectivity index (χ3n) is 4.56. The molecular weight excluding hydrogens is 427 g/mol. The van der Waals surface area contributed by atoms with Crippen LogP contribution in [0, 0.1) is 6.92 Å². The zero-order valence-corrected chi connectivity index (χ0v) is 16.6. The Balaban J connectivity index is 1.80. The van der Waals surface area contributed by atoms with Gasteiger partial charge >= 0.3 is 6.18 Å². The van der Waals surface area contributed by atoms with Gasteiger partial charge in [0, 0.05) is 11.9 Å². The third kappa shape index (κ3) is 2.68. The van der Waals surface area contributed by atoms with E-state index in [1.807, 2.05) is 6.92 Å². The van der Waals surface area contributed by atoms with Crippen molar-refractivity contribution in [1.82, 2.24) is 34.3 Å². The summed E-state index contributed by atoms with van der Waals surface area (Å²) in [7, 11) is 0. The van der Waals surface area contributed by atoms with Crippen molar-refractivity contribution in [1.29, 1.82) is 0 Å². The van der Waals surface area contributed by atoms with Crippen LogP contribution in [0.5, 0.6) is 0 Å². The van der Waals surface area contributed by atoms with Crippen LogP contribution >= 0.6 is 22.9 Å². The molecule has 0 aliphatic rings. The summed E-state index contributed by atoms with van der Waals surface area (Å²) in [6, 6.07) is 1.04. The fraction of sp³-hybridized carbons (Fsp3) is 0.235. The predicted octanol–water partition coefficient (Wildman–Crippen LogP) is 4.75. The van der Waals surface area contributed by atoms with Gasteiger partial charge in [-0.15, -0.1) is 16.4 Å². The summed E-state index contributed by atoms with van der Waals surface area (Å²) >= 11 is 7.36. The highest BCUT2D eigenvalue weighted by Gasteiger charge is 2.33. The van der Waals surface area contributed by atoms with Gasteiger partial charge in [0.2, 0.25) is 5.82 Å². The van der Waals surface area contributed by atoms with E-state index in [1.54, 1.807) is 11.6 Å². The topological polar surface area (TPSA) is 73.8 Å². The standard InChI is InChI=1S/C17H11ClF3N7S/c1-3-27-12(8(18)5-23-27)14-25-15-13-11(22-6-28(15)26-14)10-7(2)4-9(17(19,20)21)24-16(10)29-13/h4-6H,3H2,1-2H3. The van der Waals surface area contributed by atoms with Gasteiger partial charge in [-0.1, -0.05) is 11.6 Å². The first-order chi connectivity index (χ1) is 13.8. The Labute approximate surface area is 169 Å². The van der Waals surface area contributed by atoms with Crippen molar-refractivity contribution in [3.63, 3.8) is 0 Å². The first-order valence-electron chi connectivity index (χ1n) is 8.52. The summed E-state index contributed by atoms with van der Waals surface area (Å²) in [6.07, 6.45) is -1.52. The van der Waals surface area contributed by atoms with Crippen LogP contribution in [0.1, 0.15) is 18.2 Å². The molecule has 0 N–H and O–H groups in total. The number of fused-ring (bicyclic) bond motifs is 5. The van der Waals surface area contributed by atoms with Crippen LogP contribution in [0.25, 0.3) is 37.6 Å². The number of hydrogen-bond acceptors (Lipinski definition) is 6. The quantitative estimate of drug-likeness (QED) is 0.398. The number of aryl methyl sites for hydroxylation is 2. The van der Waals surface area contributed by atoms with Crippen LogP contribution in [0.4, 0.5) is 13.2 Å². The van der Waals surface area contributed by atoms with Crippen molar-refractivity contribution in [3.05, 3.63) is 34.9 Å². The van der Waals surface area contributed by atoms with Gasteiger partial charge in [0.05, 0.1) is 16.7 Å². The Kier molecular flexibility index (Phi) is 3.84. The summed E-state index contributed by atoms with van der Waals surface area (Å²) in [5.74, 6) is 0.363. The highest BCUT2D eigenvalue weighted by atomic mass is 35.5. The van der Waals surface area contributed by atoms with E-state index in [1.165, 1.54) is 17.0 Å². The van der Waals surface area contributed by atoms with Gasteiger partial charge in [-0.3, -0.25) is 4.68 Å². The van der Waals surface area contributed by atoms with E-state index in [2.05, 4.69) is 25.1 Å². The largest absolute Gasteiger partial charge is 0.433 e. The number of pyridine rings is 1. The van der Waals surface area contributed by atoms with Gasteiger partial charge in [-0.25, -0.2) is 19.5 Å². The molecule has 0 fully saturated rings. The van der Waals surface area contributed by atoms with E-state index in [4.69, 9.17) is 11.6 Å². The number of hydrogen-bond donors (Lipinski definition) is 0. The first-order valence-corrected chi connectivity index (χ1v) is 9.71. The lowest BCUT2D eigenvalue weighted by molar-refractivity contribution is -0.141. The molecule has 0 radical (unpaired) electrons.